The Kier molecular flexibility index (Phi) is 6.77. The van der Waals surface area contributed by atoms with Gasteiger partial charge < -0.3 is 15.1 Å². The van der Waals surface area contributed by atoms with Crippen LogP contribution in [0.5, 0.6) is 0 Å². The van der Waals surface area contributed by atoms with Gasteiger partial charge in [-0.05, 0) is 44.6 Å². The zero-order valence-electron chi connectivity index (χ0n) is 15.6. The number of sulfone groups is 1. The minimum absolute atomic E-state index is 0.0590. The molecule has 2 rings (SSSR count). The van der Waals surface area contributed by atoms with Gasteiger partial charge in [0, 0.05) is 24.8 Å². The number of hydrogen-bond acceptors (Lipinski definition) is 5. The fourth-order valence-electron chi connectivity index (χ4n) is 2.92. The van der Waals surface area contributed by atoms with E-state index in [1.807, 2.05) is 38.1 Å². The number of likely N-dealkylation sites (N-methyl/N-ethyl adjacent to an activating group) is 1. The quantitative estimate of drug-likeness (QED) is 0.736. The highest BCUT2D eigenvalue weighted by Crippen LogP contribution is 2.18. The summed E-state index contributed by atoms with van der Waals surface area (Å²) in [5.41, 5.74) is 1.69. The van der Waals surface area contributed by atoms with E-state index in [0.29, 0.717) is 25.2 Å². The van der Waals surface area contributed by atoms with Crippen LogP contribution in [0.25, 0.3) is 0 Å². The lowest BCUT2D eigenvalue weighted by molar-refractivity contribution is -0.144. The average molecular weight is 381 g/mol. The molecule has 144 valence electrons. The number of nitrogens with zero attached hydrogens (tertiary/aromatic N) is 2. The molecule has 1 saturated heterocycles. The van der Waals surface area contributed by atoms with Gasteiger partial charge in [-0.1, -0.05) is 19.1 Å². The molecule has 7 nitrogen and oxygen atoms in total. The lowest BCUT2D eigenvalue weighted by Gasteiger charge is -2.28. The monoisotopic (exact) mass is 381 g/mol. The summed E-state index contributed by atoms with van der Waals surface area (Å²) in [5, 5.41) is 2.61. The van der Waals surface area contributed by atoms with Crippen molar-refractivity contribution in [2.75, 3.05) is 44.0 Å². The molecule has 0 aromatic heterocycles. The first-order valence-corrected chi connectivity index (χ1v) is 10.6. The van der Waals surface area contributed by atoms with E-state index in [1.165, 1.54) is 4.90 Å². The molecule has 0 spiro atoms. The normalized spacial score (nSPS) is 18.7. The zero-order valence-corrected chi connectivity index (χ0v) is 16.4. The highest BCUT2D eigenvalue weighted by Gasteiger charge is 2.36. The summed E-state index contributed by atoms with van der Waals surface area (Å²) < 4.78 is 23.6. The average Bonchev–Trinajstić information content (AvgIpc) is 2.95. The lowest BCUT2D eigenvalue weighted by Crippen LogP contribution is -2.48. The van der Waals surface area contributed by atoms with E-state index in [0.717, 1.165) is 12.0 Å². The van der Waals surface area contributed by atoms with Gasteiger partial charge in [0.25, 0.3) is 0 Å². The third kappa shape index (κ3) is 5.54. The Hall–Kier alpha value is -1.93. The van der Waals surface area contributed by atoms with Gasteiger partial charge in [-0.3, -0.25) is 9.59 Å². The fraction of sp³-hybridized carbons (Fsp3) is 0.556. The van der Waals surface area contributed by atoms with E-state index in [4.69, 9.17) is 0 Å². The van der Waals surface area contributed by atoms with E-state index in [2.05, 4.69) is 5.32 Å². The molecule has 1 fully saturated rings. The Morgan fingerprint density at radius 2 is 1.81 bits per heavy atom. The maximum absolute atomic E-state index is 12.7. The molecule has 1 aromatic rings. The van der Waals surface area contributed by atoms with Crippen molar-refractivity contribution in [3.8, 4) is 0 Å². The minimum atomic E-state index is -3.14. The highest BCUT2D eigenvalue weighted by molar-refractivity contribution is 7.91. The first-order valence-electron chi connectivity index (χ1n) is 8.78. The van der Waals surface area contributed by atoms with Crippen molar-refractivity contribution in [3.05, 3.63) is 29.8 Å². The number of benzene rings is 1. The van der Waals surface area contributed by atoms with Gasteiger partial charge in [-0.2, -0.15) is 0 Å². The largest absolute Gasteiger partial charge is 0.329 e. The Bertz CT molecular complexity index is 744. The van der Waals surface area contributed by atoms with Crippen LogP contribution >= 0.6 is 0 Å². The Labute approximate surface area is 155 Å². The van der Waals surface area contributed by atoms with E-state index >= 15 is 0 Å². The number of amides is 2. The van der Waals surface area contributed by atoms with Crippen LogP contribution < -0.4 is 5.32 Å². The van der Waals surface area contributed by atoms with Crippen LogP contribution in [0.1, 0.15) is 18.9 Å². The number of nitrogens with one attached hydrogen (secondary N) is 1. The van der Waals surface area contributed by atoms with Gasteiger partial charge in [0.05, 0.1) is 11.5 Å². The second kappa shape index (κ2) is 8.64. The molecule has 1 heterocycles. The second-order valence-electron chi connectivity index (χ2n) is 6.86. The smallest absolute Gasteiger partial charge is 0.313 e. The van der Waals surface area contributed by atoms with Gasteiger partial charge in [-0.25, -0.2) is 8.42 Å². The molecule has 1 N–H and O–H groups in total. The molecular weight excluding hydrogens is 354 g/mol. The summed E-state index contributed by atoms with van der Waals surface area (Å²) in [7, 11) is 0.585. The fourth-order valence-corrected chi connectivity index (χ4v) is 4.65. The molecule has 1 aliphatic heterocycles. The molecule has 0 radical (unpaired) electrons. The molecule has 1 aliphatic rings. The molecule has 0 bridgehead atoms. The number of carbonyl (C=O) groups is 2. The molecule has 1 atom stereocenters. The van der Waals surface area contributed by atoms with Crippen molar-refractivity contribution in [3.63, 3.8) is 0 Å². The Morgan fingerprint density at radius 1 is 1.15 bits per heavy atom. The van der Waals surface area contributed by atoms with Gasteiger partial charge in [-0.15, -0.1) is 0 Å². The number of aryl methyl sites for hydroxylation is 1. The van der Waals surface area contributed by atoms with Crippen LogP contribution in [-0.2, 0) is 25.8 Å². The summed E-state index contributed by atoms with van der Waals surface area (Å²) in [4.78, 5) is 28.4. The first-order chi connectivity index (χ1) is 12.2. The summed E-state index contributed by atoms with van der Waals surface area (Å²) in [5.74, 6) is -1.44. The summed E-state index contributed by atoms with van der Waals surface area (Å²) >= 11 is 0. The summed E-state index contributed by atoms with van der Waals surface area (Å²) in [6, 6.07) is 6.86. The van der Waals surface area contributed by atoms with E-state index in [1.54, 1.807) is 12.1 Å². The first kappa shape index (κ1) is 20.4. The molecule has 2 amide bonds. The molecule has 0 aliphatic carbocycles. The number of rotatable bonds is 6. The summed E-state index contributed by atoms with van der Waals surface area (Å²) in [6.07, 6.45) is 1.27. The van der Waals surface area contributed by atoms with Gasteiger partial charge >= 0.3 is 11.8 Å². The highest BCUT2D eigenvalue weighted by atomic mass is 32.2. The standard InChI is InChI=1S/C18H27N3O4S/c1-4-14-5-7-15(8-6-14)19-17(22)18(23)21(11-10-20(2)3)16-9-12-26(24,25)13-16/h5-8,16H,4,9-13H2,1-3H3,(H,19,22). The van der Waals surface area contributed by atoms with Crippen molar-refractivity contribution >= 4 is 27.3 Å². The maximum Gasteiger partial charge on any atom is 0.313 e. The Balaban J connectivity index is 2.09. The molecule has 1 unspecified atom stereocenters. The molecule has 26 heavy (non-hydrogen) atoms. The second-order valence-corrected chi connectivity index (χ2v) is 9.09. The number of anilines is 1. The van der Waals surface area contributed by atoms with Crippen molar-refractivity contribution in [2.24, 2.45) is 0 Å². The van der Waals surface area contributed by atoms with Crippen LogP contribution in [0.3, 0.4) is 0 Å². The molecule has 0 saturated carbocycles. The van der Waals surface area contributed by atoms with E-state index in [9.17, 15) is 18.0 Å². The van der Waals surface area contributed by atoms with Crippen LogP contribution in [0.15, 0.2) is 24.3 Å². The van der Waals surface area contributed by atoms with Gasteiger partial charge in [0.2, 0.25) is 0 Å². The Morgan fingerprint density at radius 3 is 2.31 bits per heavy atom. The van der Waals surface area contributed by atoms with Crippen LogP contribution in [0, 0.1) is 0 Å². The predicted molar refractivity (Wildman–Crippen MR) is 102 cm³/mol. The van der Waals surface area contributed by atoms with Gasteiger partial charge in [0.15, 0.2) is 9.84 Å². The maximum atomic E-state index is 12.7. The molecule has 8 heteroatoms. The van der Waals surface area contributed by atoms with Crippen molar-refractivity contribution < 1.29 is 18.0 Å². The lowest BCUT2D eigenvalue weighted by atomic mass is 10.1. The molecular formula is C18H27N3O4S. The third-order valence-electron chi connectivity index (χ3n) is 4.51. The number of carbonyl (C=O) groups excluding carboxylic acids is 2. The SMILES string of the molecule is CCc1ccc(NC(=O)C(=O)N(CCN(C)C)C2CCS(=O)(=O)C2)cc1. The van der Waals surface area contributed by atoms with Crippen molar-refractivity contribution in [1.29, 1.82) is 0 Å². The summed E-state index contributed by atoms with van der Waals surface area (Å²) in [6.45, 7) is 2.91. The van der Waals surface area contributed by atoms with Crippen LogP contribution in [0.4, 0.5) is 5.69 Å². The minimum Gasteiger partial charge on any atom is -0.329 e. The van der Waals surface area contributed by atoms with E-state index < -0.39 is 27.7 Å². The zero-order chi connectivity index (χ0) is 19.3. The van der Waals surface area contributed by atoms with Crippen molar-refractivity contribution in [1.82, 2.24) is 9.80 Å². The van der Waals surface area contributed by atoms with E-state index in [-0.39, 0.29) is 11.5 Å². The van der Waals surface area contributed by atoms with Crippen LogP contribution in [0.2, 0.25) is 0 Å². The van der Waals surface area contributed by atoms with Crippen molar-refractivity contribution in [2.45, 2.75) is 25.8 Å². The van der Waals surface area contributed by atoms with Gasteiger partial charge in [0.1, 0.15) is 0 Å². The third-order valence-corrected chi connectivity index (χ3v) is 6.26. The van der Waals surface area contributed by atoms with Crippen LogP contribution in [-0.4, -0.2) is 74.8 Å². The number of hydrogen-bond donors (Lipinski definition) is 1. The molecule has 1 aromatic carbocycles. The predicted octanol–water partition coefficient (Wildman–Crippen LogP) is 0.765. The topological polar surface area (TPSA) is 86.8 Å².